The quantitative estimate of drug-likeness (QED) is 0.181. The van der Waals surface area contributed by atoms with Crippen LogP contribution in [0, 0.1) is 0 Å². The summed E-state index contributed by atoms with van der Waals surface area (Å²) in [5.74, 6) is -1.28. The number of hydrogen-bond donors (Lipinski definition) is 0. The summed E-state index contributed by atoms with van der Waals surface area (Å²) in [5, 5.41) is 0. The largest absolute Gasteiger partial charge is 2.00 e. The maximum Gasteiger partial charge on any atom is 2.00 e. The van der Waals surface area contributed by atoms with Crippen LogP contribution in [0.1, 0.15) is 69.6 Å². The summed E-state index contributed by atoms with van der Waals surface area (Å²) in [7, 11) is 4.37. The molecule has 0 saturated carbocycles. The topological polar surface area (TPSA) is 170 Å². The molecule has 2 aromatic carbocycles. The van der Waals surface area contributed by atoms with Crippen LogP contribution in [0.25, 0.3) is 0 Å². The maximum absolute atomic E-state index is 11.6. The van der Waals surface area contributed by atoms with Crippen LogP contribution in [0.5, 0.6) is 0 Å². The van der Waals surface area contributed by atoms with Crippen molar-refractivity contribution in [3.63, 3.8) is 0 Å². The van der Waals surface area contributed by atoms with Crippen molar-refractivity contribution in [3.05, 3.63) is 132 Å². The van der Waals surface area contributed by atoms with Crippen molar-refractivity contribution in [1.82, 2.24) is 19.8 Å². The first kappa shape index (κ1) is 41.2. The van der Waals surface area contributed by atoms with E-state index in [-0.39, 0.29) is 32.9 Å². The summed E-state index contributed by atoms with van der Waals surface area (Å²) < 4.78 is 4.74. The fourth-order valence-corrected chi connectivity index (χ4v) is 5.16. The molecule has 0 radical (unpaired) electrons. The molecule has 10 nitrogen and oxygen atoms in total. The van der Waals surface area contributed by atoms with Crippen molar-refractivity contribution in [2.75, 3.05) is 27.2 Å². The predicted molar refractivity (Wildman–Crippen MR) is 171 cm³/mol. The summed E-state index contributed by atoms with van der Waals surface area (Å²) in [6.45, 7) is 2.44. The molecule has 0 aliphatic carbocycles. The SMILES string of the molecule is CN1CCC[C@H]1c1cccnc1.CN1CCC[C@H]1c1cccnc1.O.O.O.O=C(OC(=O)c1ccccc1)c1ccccc1.[Ni+2]. The van der Waals surface area contributed by atoms with E-state index in [1.165, 1.54) is 49.9 Å². The molecular formula is C34H44N4NiO6+2. The monoisotopic (exact) mass is 662 g/mol. The first-order valence-electron chi connectivity index (χ1n) is 14.1. The molecule has 11 heteroatoms. The maximum atomic E-state index is 11.6. The number of hydrogen-bond acceptors (Lipinski definition) is 7. The summed E-state index contributed by atoms with van der Waals surface area (Å²) in [6, 6.07) is 26.4. The number of aromatic nitrogens is 2. The second-order valence-electron chi connectivity index (χ2n) is 10.3. The minimum absolute atomic E-state index is 0. The summed E-state index contributed by atoms with van der Waals surface area (Å²) in [4.78, 5) is 36.2. The standard InChI is InChI=1S/C14H10O3.2C10H14N2.Ni.3H2O/c15-13(11-7-3-1-4-8-11)17-14(16)12-9-5-2-6-10-12;2*1-12-7-3-5-10(12)9-4-2-6-11-8-9;;;;/h1-10H;2*2,4,6,8,10H,3,5,7H2,1H3;;3*1H2/q;;;+2;;;/t;2*10-;;;;/m.00..../s1. The second-order valence-corrected chi connectivity index (χ2v) is 10.3. The van der Waals surface area contributed by atoms with E-state index in [4.69, 9.17) is 4.74 Å². The molecular weight excluding hydrogens is 619 g/mol. The van der Waals surface area contributed by atoms with Gasteiger partial charge in [-0.1, -0.05) is 48.5 Å². The van der Waals surface area contributed by atoms with Crippen molar-refractivity contribution < 1.29 is 47.2 Å². The molecule has 6 N–H and O–H groups in total. The molecule has 45 heavy (non-hydrogen) atoms. The Hall–Kier alpha value is -3.83. The third kappa shape index (κ3) is 12.6. The van der Waals surface area contributed by atoms with Gasteiger partial charge in [0.25, 0.3) is 0 Å². The molecule has 4 heterocycles. The molecule has 2 fully saturated rings. The minimum Gasteiger partial charge on any atom is -0.412 e. The van der Waals surface area contributed by atoms with Gasteiger partial charge >= 0.3 is 28.4 Å². The molecule has 4 aromatic rings. The van der Waals surface area contributed by atoms with Gasteiger partial charge in [0, 0.05) is 36.9 Å². The van der Waals surface area contributed by atoms with Crippen molar-refractivity contribution in [1.29, 1.82) is 0 Å². The van der Waals surface area contributed by atoms with E-state index in [1.807, 2.05) is 36.9 Å². The van der Waals surface area contributed by atoms with E-state index in [9.17, 15) is 9.59 Å². The Kier molecular flexibility index (Phi) is 19.9. The Balaban J connectivity index is 0.000000630. The van der Waals surface area contributed by atoms with Crippen LogP contribution in [0.3, 0.4) is 0 Å². The number of esters is 2. The molecule has 2 atom stereocenters. The zero-order chi connectivity index (χ0) is 28.9. The molecule has 6 rings (SSSR count). The number of carbonyl (C=O) groups excluding carboxylic acids is 2. The van der Waals surface area contributed by atoms with E-state index >= 15 is 0 Å². The normalized spacial score (nSPS) is 16.8. The van der Waals surface area contributed by atoms with Crippen LogP contribution < -0.4 is 0 Å². The smallest absolute Gasteiger partial charge is 0.412 e. The molecule has 0 spiro atoms. The molecule has 0 amide bonds. The van der Waals surface area contributed by atoms with E-state index in [2.05, 4.69) is 46.0 Å². The number of benzene rings is 2. The van der Waals surface area contributed by atoms with Gasteiger partial charge in [0.05, 0.1) is 11.1 Å². The van der Waals surface area contributed by atoms with E-state index in [0.717, 1.165) is 0 Å². The zero-order valence-corrected chi connectivity index (χ0v) is 26.6. The van der Waals surface area contributed by atoms with Crippen molar-refractivity contribution in [2.24, 2.45) is 0 Å². The van der Waals surface area contributed by atoms with Gasteiger partial charge in [-0.3, -0.25) is 19.8 Å². The Morgan fingerprint density at radius 1 is 0.622 bits per heavy atom. The van der Waals surface area contributed by atoms with Crippen LogP contribution in [-0.2, 0) is 21.2 Å². The fraction of sp³-hybridized carbons (Fsp3) is 0.294. The Morgan fingerprint density at radius 2 is 1.00 bits per heavy atom. The summed E-state index contributed by atoms with van der Waals surface area (Å²) in [5.41, 5.74) is 3.43. The van der Waals surface area contributed by atoms with Crippen molar-refractivity contribution in [3.8, 4) is 0 Å². The molecule has 244 valence electrons. The molecule has 2 saturated heterocycles. The zero-order valence-electron chi connectivity index (χ0n) is 25.6. The van der Waals surface area contributed by atoms with Gasteiger partial charge in [0.1, 0.15) is 0 Å². The number of ether oxygens (including phenoxy) is 1. The van der Waals surface area contributed by atoms with E-state index in [0.29, 0.717) is 23.2 Å². The van der Waals surface area contributed by atoms with Crippen LogP contribution >= 0.6 is 0 Å². The van der Waals surface area contributed by atoms with Gasteiger partial charge in [0.15, 0.2) is 0 Å². The van der Waals surface area contributed by atoms with Crippen LogP contribution in [-0.4, -0.2) is 75.3 Å². The first-order chi connectivity index (χ1) is 20.0. The second kappa shape index (κ2) is 21.8. The van der Waals surface area contributed by atoms with Crippen LogP contribution in [0.4, 0.5) is 0 Å². The Morgan fingerprint density at radius 3 is 1.29 bits per heavy atom. The molecule has 2 aromatic heterocycles. The average Bonchev–Trinajstić information content (AvgIpc) is 3.67. The van der Waals surface area contributed by atoms with E-state index < -0.39 is 11.9 Å². The number of rotatable bonds is 4. The predicted octanol–water partition coefficient (Wildman–Crippen LogP) is 3.90. The minimum atomic E-state index is -0.639. The Labute approximate surface area is 275 Å². The average molecular weight is 663 g/mol. The molecule has 2 aliphatic heterocycles. The van der Waals surface area contributed by atoms with Gasteiger partial charge in [-0.05, 0) is 100 Å². The number of likely N-dealkylation sites (tertiary alicyclic amines) is 2. The van der Waals surface area contributed by atoms with Crippen LogP contribution in [0.15, 0.2) is 110 Å². The number of nitrogens with zero attached hydrogens (tertiary/aromatic N) is 4. The van der Waals surface area contributed by atoms with Crippen molar-refractivity contribution in [2.45, 2.75) is 37.8 Å². The number of pyridine rings is 2. The summed E-state index contributed by atoms with van der Waals surface area (Å²) in [6.07, 6.45) is 12.8. The fourth-order valence-electron chi connectivity index (χ4n) is 5.16. The first-order valence-corrected chi connectivity index (χ1v) is 14.1. The number of carbonyl (C=O) groups is 2. The van der Waals surface area contributed by atoms with Crippen LogP contribution in [0.2, 0.25) is 0 Å². The Bertz CT molecular complexity index is 1250. The molecule has 0 unspecified atom stereocenters. The van der Waals surface area contributed by atoms with Gasteiger partial charge in [-0.2, -0.15) is 0 Å². The van der Waals surface area contributed by atoms with Gasteiger partial charge in [-0.25, -0.2) is 9.59 Å². The van der Waals surface area contributed by atoms with Gasteiger partial charge in [0.2, 0.25) is 0 Å². The molecule has 0 bridgehead atoms. The third-order valence-electron chi connectivity index (χ3n) is 7.38. The van der Waals surface area contributed by atoms with Gasteiger partial charge in [-0.15, -0.1) is 0 Å². The molecule has 2 aliphatic rings. The van der Waals surface area contributed by atoms with Gasteiger partial charge < -0.3 is 21.2 Å². The summed E-state index contributed by atoms with van der Waals surface area (Å²) >= 11 is 0. The third-order valence-corrected chi connectivity index (χ3v) is 7.38. The van der Waals surface area contributed by atoms with Crippen molar-refractivity contribution >= 4 is 11.9 Å². The van der Waals surface area contributed by atoms with E-state index in [1.54, 1.807) is 60.7 Å².